The van der Waals surface area contributed by atoms with Crippen LogP contribution in [0.15, 0.2) is 0 Å². The lowest BCUT2D eigenvalue weighted by Crippen LogP contribution is -2.61. The van der Waals surface area contributed by atoms with E-state index >= 15 is 0 Å². The summed E-state index contributed by atoms with van der Waals surface area (Å²) in [4.78, 5) is 2.15. The highest BCUT2D eigenvalue weighted by atomic mass is 16.4. The van der Waals surface area contributed by atoms with Gasteiger partial charge in [0, 0.05) is 12.6 Å². The van der Waals surface area contributed by atoms with Gasteiger partial charge in [0.15, 0.2) is 0 Å². The van der Waals surface area contributed by atoms with Crippen LogP contribution in [0.1, 0.15) is 65.2 Å². The van der Waals surface area contributed by atoms with Crippen LogP contribution >= 0.6 is 0 Å². The molecule has 0 aliphatic carbocycles. The normalized spacial score (nSPS) is 31.6. The van der Waals surface area contributed by atoms with Crippen LogP contribution in [0.5, 0.6) is 0 Å². The van der Waals surface area contributed by atoms with Gasteiger partial charge in [-0.25, -0.2) is 0 Å². The van der Waals surface area contributed by atoms with E-state index in [0.29, 0.717) is 6.54 Å². The van der Waals surface area contributed by atoms with E-state index in [9.17, 15) is 15.3 Å². The van der Waals surface area contributed by atoms with Crippen LogP contribution in [0, 0.1) is 0 Å². The number of unbranched alkanes of at least 4 members (excludes halogenated alkanes) is 6. The molecule has 1 aliphatic rings. The van der Waals surface area contributed by atoms with E-state index in [2.05, 4.69) is 11.8 Å². The van der Waals surface area contributed by atoms with Gasteiger partial charge in [0.05, 0.1) is 12.2 Å². The Morgan fingerprint density at radius 1 is 0.850 bits per heavy atom. The number of aliphatic hydroxyl groups excluding tert-OH is 3. The van der Waals surface area contributed by atoms with E-state index < -0.39 is 18.3 Å². The number of β-amino-alcohol motifs (C(OH)–C–C–N with tert-alkyl or cyclic N) is 1. The average Bonchev–Trinajstić information content (AvgIpc) is 2.44. The van der Waals surface area contributed by atoms with Gasteiger partial charge in [-0.2, -0.15) is 0 Å². The molecule has 20 heavy (non-hydrogen) atoms. The van der Waals surface area contributed by atoms with Crippen molar-refractivity contribution >= 4 is 0 Å². The zero-order valence-electron chi connectivity index (χ0n) is 13.2. The van der Waals surface area contributed by atoms with Crippen molar-refractivity contribution in [3.8, 4) is 0 Å². The van der Waals surface area contributed by atoms with Crippen molar-refractivity contribution in [2.75, 3.05) is 13.1 Å². The fraction of sp³-hybridized carbons (Fsp3) is 1.00. The molecule has 0 bridgehead atoms. The molecular formula is C16H33NO3. The predicted octanol–water partition coefficient (Wildman–Crippen LogP) is 1.91. The van der Waals surface area contributed by atoms with E-state index in [1.807, 2.05) is 6.92 Å². The second kappa shape index (κ2) is 9.72. The lowest BCUT2D eigenvalue weighted by atomic mass is 9.92. The van der Waals surface area contributed by atoms with E-state index in [0.717, 1.165) is 19.4 Å². The maximum Gasteiger partial charge on any atom is 0.108 e. The molecule has 0 unspecified atom stereocenters. The van der Waals surface area contributed by atoms with Gasteiger partial charge in [0.25, 0.3) is 0 Å². The number of hydrogen-bond acceptors (Lipinski definition) is 4. The smallest absolute Gasteiger partial charge is 0.108 e. The highest BCUT2D eigenvalue weighted by Crippen LogP contribution is 2.22. The molecule has 0 aromatic carbocycles. The molecule has 0 aromatic rings. The van der Waals surface area contributed by atoms with Gasteiger partial charge in [-0.15, -0.1) is 0 Å². The summed E-state index contributed by atoms with van der Waals surface area (Å²) >= 11 is 0. The Kier molecular flexibility index (Phi) is 8.69. The van der Waals surface area contributed by atoms with Crippen molar-refractivity contribution in [3.63, 3.8) is 0 Å². The molecule has 1 fully saturated rings. The van der Waals surface area contributed by atoms with Gasteiger partial charge >= 0.3 is 0 Å². The van der Waals surface area contributed by atoms with Crippen LogP contribution in [-0.2, 0) is 0 Å². The highest BCUT2D eigenvalue weighted by Gasteiger charge is 2.39. The van der Waals surface area contributed by atoms with Crippen molar-refractivity contribution in [2.45, 2.75) is 89.6 Å². The second-order valence-corrected chi connectivity index (χ2v) is 6.14. The van der Waals surface area contributed by atoms with E-state index in [1.165, 1.54) is 38.5 Å². The number of aliphatic hydroxyl groups is 3. The van der Waals surface area contributed by atoms with Gasteiger partial charge < -0.3 is 15.3 Å². The zero-order valence-corrected chi connectivity index (χ0v) is 13.2. The number of hydrogen-bond donors (Lipinski definition) is 3. The summed E-state index contributed by atoms with van der Waals surface area (Å²) in [5.41, 5.74) is 0. The SMILES string of the molecule is CCCCCCCCCN1C[C@H](O)[C@@H](O)[C@H](O)[C@@H]1CC. The summed E-state index contributed by atoms with van der Waals surface area (Å²) in [5.74, 6) is 0. The van der Waals surface area contributed by atoms with Crippen molar-refractivity contribution < 1.29 is 15.3 Å². The minimum atomic E-state index is -0.995. The summed E-state index contributed by atoms with van der Waals surface area (Å²) in [6.07, 6.45) is 7.03. The first-order valence-corrected chi connectivity index (χ1v) is 8.40. The number of nitrogens with zero attached hydrogens (tertiary/aromatic N) is 1. The molecule has 1 rings (SSSR count). The molecule has 1 heterocycles. The van der Waals surface area contributed by atoms with Crippen LogP contribution in [0.2, 0.25) is 0 Å². The van der Waals surface area contributed by atoms with Crippen LogP contribution in [0.25, 0.3) is 0 Å². The van der Waals surface area contributed by atoms with Crippen molar-refractivity contribution in [1.82, 2.24) is 4.90 Å². The molecule has 1 aliphatic heterocycles. The highest BCUT2D eigenvalue weighted by molar-refractivity contribution is 4.93. The van der Waals surface area contributed by atoms with Crippen LogP contribution in [-0.4, -0.2) is 57.7 Å². The molecular weight excluding hydrogens is 254 g/mol. The van der Waals surface area contributed by atoms with Gasteiger partial charge in [0.2, 0.25) is 0 Å². The number of piperidine rings is 1. The Morgan fingerprint density at radius 3 is 2.05 bits per heavy atom. The molecule has 0 saturated carbocycles. The van der Waals surface area contributed by atoms with Gasteiger partial charge in [0.1, 0.15) is 6.10 Å². The van der Waals surface area contributed by atoms with Crippen LogP contribution < -0.4 is 0 Å². The third kappa shape index (κ3) is 5.32. The van der Waals surface area contributed by atoms with Crippen molar-refractivity contribution in [2.24, 2.45) is 0 Å². The maximum absolute atomic E-state index is 10.0. The largest absolute Gasteiger partial charge is 0.389 e. The Bertz CT molecular complexity index is 250. The molecule has 4 heteroatoms. The number of likely N-dealkylation sites (tertiary alicyclic amines) is 1. The molecule has 4 atom stereocenters. The fourth-order valence-corrected chi connectivity index (χ4v) is 3.18. The maximum atomic E-state index is 10.0. The first kappa shape index (κ1) is 17.9. The lowest BCUT2D eigenvalue weighted by Gasteiger charge is -2.43. The molecule has 4 nitrogen and oxygen atoms in total. The summed E-state index contributed by atoms with van der Waals surface area (Å²) in [6, 6.07) is -0.0199. The Labute approximate surface area is 123 Å². The average molecular weight is 287 g/mol. The lowest BCUT2D eigenvalue weighted by molar-refractivity contribution is -0.137. The standard InChI is InChI=1S/C16H33NO3/c1-3-5-6-7-8-9-10-11-17-12-14(18)16(20)15(19)13(17)4-2/h13-16,18-20H,3-12H2,1-2H3/t13-,14-,15+,16+/m0/s1. The third-order valence-corrected chi connectivity index (χ3v) is 4.50. The molecule has 1 saturated heterocycles. The van der Waals surface area contributed by atoms with Crippen LogP contribution in [0.3, 0.4) is 0 Å². The van der Waals surface area contributed by atoms with E-state index in [-0.39, 0.29) is 6.04 Å². The molecule has 0 aromatic heterocycles. The molecule has 3 N–H and O–H groups in total. The zero-order chi connectivity index (χ0) is 15.0. The van der Waals surface area contributed by atoms with Crippen molar-refractivity contribution in [1.29, 1.82) is 0 Å². The summed E-state index contributed by atoms with van der Waals surface area (Å²) in [7, 11) is 0. The third-order valence-electron chi connectivity index (χ3n) is 4.50. The Morgan fingerprint density at radius 2 is 1.45 bits per heavy atom. The molecule has 0 spiro atoms. The molecule has 0 radical (unpaired) electrons. The second-order valence-electron chi connectivity index (χ2n) is 6.14. The fourth-order valence-electron chi connectivity index (χ4n) is 3.18. The first-order valence-electron chi connectivity index (χ1n) is 8.40. The molecule has 0 amide bonds. The topological polar surface area (TPSA) is 63.9 Å². The Balaban J connectivity index is 2.24. The summed E-state index contributed by atoms with van der Waals surface area (Å²) in [5, 5.41) is 29.5. The first-order chi connectivity index (χ1) is 9.61. The minimum Gasteiger partial charge on any atom is -0.389 e. The van der Waals surface area contributed by atoms with Crippen molar-refractivity contribution in [3.05, 3.63) is 0 Å². The van der Waals surface area contributed by atoms with Crippen LogP contribution in [0.4, 0.5) is 0 Å². The van der Waals surface area contributed by atoms with E-state index in [1.54, 1.807) is 0 Å². The summed E-state index contributed by atoms with van der Waals surface area (Å²) in [6.45, 7) is 5.64. The van der Waals surface area contributed by atoms with E-state index in [4.69, 9.17) is 0 Å². The van der Waals surface area contributed by atoms with Gasteiger partial charge in [-0.1, -0.05) is 52.4 Å². The summed E-state index contributed by atoms with van der Waals surface area (Å²) < 4.78 is 0. The van der Waals surface area contributed by atoms with Gasteiger partial charge in [-0.05, 0) is 19.4 Å². The monoisotopic (exact) mass is 287 g/mol. The van der Waals surface area contributed by atoms with Gasteiger partial charge in [-0.3, -0.25) is 4.90 Å². The quantitative estimate of drug-likeness (QED) is 0.567. The number of rotatable bonds is 9. The minimum absolute atomic E-state index is 0.0199. The predicted molar refractivity (Wildman–Crippen MR) is 81.7 cm³/mol. The Hall–Kier alpha value is -0.160. The molecule has 120 valence electrons.